The van der Waals surface area contributed by atoms with Crippen LogP contribution in [0.1, 0.15) is 44.8 Å². The summed E-state index contributed by atoms with van der Waals surface area (Å²) >= 11 is 6.04. The van der Waals surface area contributed by atoms with Crippen molar-refractivity contribution >= 4 is 11.6 Å². The minimum Gasteiger partial charge on any atom is -0.496 e. The van der Waals surface area contributed by atoms with Gasteiger partial charge in [0.2, 0.25) is 0 Å². The highest BCUT2D eigenvalue weighted by molar-refractivity contribution is 6.30. The zero-order valence-electron chi connectivity index (χ0n) is 11.9. The molecule has 1 N–H and O–H groups in total. The van der Waals surface area contributed by atoms with E-state index in [4.69, 9.17) is 16.3 Å². The Morgan fingerprint density at radius 3 is 2.63 bits per heavy atom. The maximum atomic E-state index is 10.6. The van der Waals surface area contributed by atoms with Gasteiger partial charge in [0, 0.05) is 10.6 Å². The van der Waals surface area contributed by atoms with E-state index in [9.17, 15) is 5.11 Å². The van der Waals surface area contributed by atoms with Crippen LogP contribution in [0.5, 0.6) is 5.75 Å². The van der Waals surface area contributed by atoms with Gasteiger partial charge in [-0.1, -0.05) is 31.9 Å². The molecule has 1 aromatic rings. The van der Waals surface area contributed by atoms with Crippen LogP contribution in [0.15, 0.2) is 18.2 Å². The molecule has 0 heterocycles. The standard InChI is InChI=1S/C16H23ClO2/c1-10-4-5-12(8-11(10)2)16(18)14-9-13(17)6-7-15(14)19-3/h6-7,9-12,16,18H,4-5,8H2,1-3H3. The lowest BCUT2D eigenvalue weighted by atomic mass is 9.73. The Hall–Kier alpha value is -0.730. The molecule has 0 amide bonds. The molecule has 4 atom stereocenters. The maximum Gasteiger partial charge on any atom is 0.124 e. The van der Waals surface area contributed by atoms with E-state index in [1.54, 1.807) is 13.2 Å². The summed E-state index contributed by atoms with van der Waals surface area (Å²) < 4.78 is 5.34. The van der Waals surface area contributed by atoms with Gasteiger partial charge in [-0.05, 0) is 48.8 Å². The van der Waals surface area contributed by atoms with E-state index >= 15 is 0 Å². The molecule has 0 saturated heterocycles. The van der Waals surface area contributed by atoms with Gasteiger partial charge in [-0.3, -0.25) is 0 Å². The minimum absolute atomic E-state index is 0.304. The number of ether oxygens (including phenoxy) is 1. The molecule has 1 aliphatic carbocycles. The molecule has 0 spiro atoms. The molecule has 3 heteroatoms. The van der Waals surface area contributed by atoms with E-state index in [1.165, 1.54) is 6.42 Å². The van der Waals surface area contributed by atoms with Gasteiger partial charge in [0.15, 0.2) is 0 Å². The summed E-state index contributed by atoms with van der Waals surface area (Å²) in [4.78, 5) is 0. The van der Waals surface area contributed by atoms with Gasteiger partial charge in [0.25, 0.3) is 0 Å². The van der Waals surface area contributed by atoms with Crippen LogP contribution in [0.3, 0.4) is 0 Å². The number of halogens is 1. The van der Waals surface area contributed by atoms with Crippen LogP contribution >= 0.6 is 11.6 Å². The van der Waals surface area contributed by atoms with Crippen molar-refractivity contribution in [3.05, 3.63) is 28.8 Å². The van der Waals surface area contributed by atoms with Crippen LogP contribution in [0, 0.1) is 17.8 Å². The lowest BCUT2D eigenvalue weighted by molar-refractivity contribution is 0.0544. The van der Waals surface area contributed by atoms with Crippen molar-refractivity contribution < 1.29 is 9.84 Å². The Morgan fingerprint density at radius 1 is 1.26 bits per heavy atom. The number of rotatable bonds is 3. The third-order valence-corrected chi connectivity index (χ3v) is 4.83. The van der Waals surface area contributed by atoms with Gasteiger partial charge in [0.05, 0.1) is 13.2 Å². The van der Waals surface area contributed by atoms with Gasteiger partial charge < -0.3 is 9.84 Å². The SMILES string of the molecule is COc1ccc(Cl)cc1C(O)C1CCC(C)C(C)C1. The molecule has 4 unspecified atom stereocenters. The van der Waals surface area contributed by atoms with Gasteiger partial charge >= 0.3 is 0 Å². The number of aliphatic hydroxyl groups is 1. The molecule has 1 fully saturated rings. The molecule has 19 heavy (non-hydrogen) atoms. The second kappa shape index (κ2) is 6.15. The van der Waals surface area contributed by atoms with Crippen LogP contribution in [0.2, 0.25) is 5.02 Å². The molecule has 0 aromatic heterocycles. The van der Waals surface area contributed by atoms with Crippen molar-refractivity contribution in [2.75, 3.05) is 7.11 Å². The average Bonchev–Trinajstić information content (AvgIpc) is 2.41. The van der Waals surface area contributed by atoms with E-state index in [-0.39, 0.29) is 0 Å². The lowest BCUT2D eigenvalue weighted by Gasteiger charge is -2.35. The largest absolute Gasteiger partial charge is 0.496 e. The zero-order chi connectivity index (χ0) is 14.0. The van der Waals surface area contributed by atoms with Gasteiger partial charge in [0.1, 0.15) is 5.75 Å². The van der Waals surface area contributed by atoms with Gasteiger partial charge in [-0.25, -0.2) is 0 Å². The van der Waals surface area contributed by atoms with E-state index in [0.717, 1.165) is 30.1 Å². The summed E-state index contributed by atoms with van der Waals surface area (Å²) in [5.41, 5.74) is 0.821. The first kappa shape index (κ1) is 14.7. The molecule has 1 aromatic carbocycles. The van der Waals surface area contributed by atoms with Crippen molar-refractivity contribution in [3.8, 4) is 5.75 Å². The molecular weight excluding hydrogens is 260 g/mol. The topological polar surface area (TPSA) is 29.5 Å². The Morgan fingerprint density at radius 2 is 2.00 bits per heavy atom. The second-order valence-electron chi connectivity index (χ2n) is 5.86. The smallest absolute Gasteiger partial charge is 0.124 e. The quantitative estimate of drug-likeness (QED) is 0.887. The normalized spacial score (nSPS) is 29.0. The molecule has 0 radical (unpaired) electrons. The first-order valence-electron chi connectivity index (χ1n) is 7.04. The molecule has 2 nitrogen and oxygen atoms in total. The number of hydrogen-bond donors (Lipinski definition) is 1. The fourth-order valence-electron chi connectivity index (χ4n) is 3.07. The Bertz CT molecular complexity index is 433. The molecule has 0 bridgehead atoms. The van der Waals surface area contributed by atoms with Crippen LogP contribution in [-0.4, -0.2) is 12.2 Å². The van der Waals surface area contributed by atoms with Crippen LogP contribution in [0.25, 0.3) is 0 Å². The highest BCUT2D eigenvalue weighted by atomic mass is 35.5. The third kappa shape index (κ3) is 3.24. The number of hydrogen-bond acceptors (Lipinski definition) is 2. The monoisotopic (exact) mass is 282 g/mol. The maximum absolute atomic E-state index is 10.6. The highest BCUT2D eigenvalue weighted by Crippen LogP contribution is 2.42. The summed E-state index contributed by atoms with van der Waals surface area (Å²) in [6, 6.07) is 5.45. The van der Waals surface area contributed by atoms with Crippen molar-refractivity contribution in [2.24, 2.45) is 17.8 Å². The van der Waals surface area contributed by atoms with E-state index in [0.29, 0.717) is 16.9 Å². The van der Waals surface area contributed by atoms with Crippen molar-refractivity contribution in [3.63, 3.8) is 0 Å². The summed E-state index contributed by atoms with van der Waals surface area (Å²) in [6.45, 7) is 4.58. The van der Waals surface area contributed by atoms with Crippen molar-refractivity contribution in [1.82, 2.24) is 0 Å². The Kier molecular flexibility index (Phi) is 4.75. The summed E-state index contributed by atoms with van der Waals surface area (Å²) in [7, 11) is 1.63. The van der Waals surface area contributed by atoms with Crippen molar-refractivity contribution in [2.45, 2.75) is 39.2 Å². The fourth-order valence-corrected chi connectivity index (χ4v) is 3.25. The zero-order valence-corrected chi connectivity index (χ0v) is 12.7. The predicted octanol–water partition coefficient (Wildman–Crippen LogP) is 4.45. The lowest BCUT2D eigenvalue weighted by Crippen LogP contribution is -2.25. The highest BCUT2D eigenvalue weighted by Gasteiger charge is 2.31. The molecule has 1 saturated carbocycles. The van der Waals surface area contributed by atoms with Crippen LogP contribution in [-0.2, 0) is 0 Å². The first-order valence-corrected chi connectivity index (χ1v) is 7.42. The van der Waals surface area contributed by atoms with E-state index in [2.05, 4.69) is 13.8 Å². The number of aliphatic hydroxyl groups excluding tert-OH is 1. The second-order valence-corrected chi connectivity index (χ2v) is 6.30. The Balaban J connectivity index is 2.19. The van der Waals surface area contributed by atoms with E-state index < -0.39 is 6.10 Å². The Labute approximate surface area is 120 Å². The van der Waals surface area contributed by atoms with Crippen LogP contribution < -0.4 is 4.74 Å². The number of benzene rings is 1. The molecular formula is C16H23ClO2. The first-order chi connectivity index (χ1) is 9.02. The summed E-state index contributed by atoms with van der Waals surface area (Å²) in [5, 5.41) is 11.3. The minimum atomic E-state index is -0.483. The molecule has 106 valence electrons. The fraction of sp³-hybridized carbons (Fsp3) is 0.625. The van der Waals surface area contributed by atoms with Crippen molar-refractivity contribution in [1.29, 1.82) is 0 Å². The predicted molar refractivity (Wildman–Crippen MR) is 78.6 cm³/mol. The molecule has 1 aliphatic rings. The summed E-state index contributed by atoms with van der Waals surface area (Å²) in [5.74, 6) is 2.45. The van der Waals surface area contributed by atoms with E-state index in [1.807, 2.05) is 12.1 Å². The van der Waals surface area contributed by atoms with Gasteiger partial charge in [-0.2, -0.15) is 0 Å². The molecule has 0 aliphatic heterocycles. The average molecular weight is 283 g/mol. The molecule has 2 rings (SSSR count). The van der Waals surface area contributed by atoms with Crippen LogP contribution in [0.4, 0.5) is 0 Å². The third-order valence-electron chi connectivity index (χ3n) is 4.60. The number of methoxy groups -OCH3 is 1. The van der Waals surface area contributed by atoms with Gasteiger partial charge in [-0.15, -0.1) is 0 Å². The summed E-state index contributed by atoms with van der Waals surface area (Å²) in [6.07, 6.45) is 2.84.